The summed E-state index contributed by atoms with van der Waals surface area (Å²) in [5, 5.41) is 17.4. The third-order valence-corrected chi connectivity index (χ3v) is 8.86. The number of hydrogen-bond acceptors (Lipinski definition) is 7. The number of hydrogen-bond donors (Lipinski definition) is 2. The fourth-order valence-corrected chi connectivity index (χ4v) is 6.85. The van der Waals surface area contributed by atoms with Crippen molar-refractivity contribution in [2.45, 2.75) is 48.7 Å². The molecule has 180 valence electrons. The van der Waals surface area contributed by atoms with E-state index in [4.69, 9.17) is 9.56 Å². The van der Waals surface area contributed by atoms with Crippen molar-refractivity contribution in [3.8, 4) is 11.6 Å². The molecule has 2 aromatic heterocycles. The van der Waals surface area contributed by atoms with Crippen LogP contribution in [0.15, 0.2) is 57.1 Å². The number of fused-ring (bicyclic) bond motifs is 2. The molecule has 2 heterocycles. The second-order valence-electron chi connectivity index (χ2n) is 9.14. The smallest absolute Gasteiger partial charge is 0.238 e. The number of benzene rings is 1. The molecule has 5 rings (SSSR count). The quantitative estimate of drug-likeness (QED) is 0.447. The molecule has 1 aromatic carbocycles. The van der Waals surface area contributed by atoms with E-state index in [0.29, 0.717) is 28.3 Å². The number of carbonyl (C=O) groups is 1. The molecule has 4 atom stereocenters. The number of carbonyl (C=O) groups excluding carboxylic acids is 1. The van der Waals surface area contributed by atoms with E-state index in [-0.39, 0.29) is 22.6 Å². The predicted octanol–water partition coefficient (Wildman–Crippen LogP) is 3.91. The summed E-state index contributed by atoms with van der Waals surface area (Å²) < 4.78 is 30.9. The number of nitrogens with one attached hydrogen (secondary N) is 1. The first-order valence-corrected chi connectivity index (χ1v) is 13.9. The maximum absolute atomic E-state index is 12.6. The van der Waals surface area contributed by atoms with Gasteiger partial charge in [0.1, 0.15) is 0 Å². The van der Waals surface area contributed by atoms with E-state index in [2.05, 4.69) is 27.0 Å². The molecule has 1 amide bonds. The van der Waals surface area contributed by atoms with Gasteiger partial charge in [-0.05, 0) is 74.3 Å². The highest BCUT2D eigenvalue weighted by molar-refractivity contribution is 7.99. The average molecular weight is 502 g/mol. The van der Waals surface area contributed by atoms with Crippen molar-refractivity contribution in [3.05, 3.63) is 42.7 Å². The number of nitrogens with zero attached hydrogens (tertiary/aromatic N) is 3. The Morgan fingerprint density at radius 3 is 2.79 bits per heavy atom. The Balaban J connectivity index is 1.33. The molecular formula is C23H27N5O4S2. The first kappa shape index (κ1) is 23.1. The Hall–Kier alpha value is -2.63. The molecule has 0 radical (unpaired) electrons. The van der Waals surface area contributed by atoms with Crippen LogP contribution in [0.5, 0.6) is 0 Å². The molecular weight excluding hydrogens is 474 g/mol. The van der Waals surface area contributed by atoms with E-state index in [1.165, 1.54) is 55.6 Å². The molecule has 3 N–H and O–H groups in total. The summed E-state index contributed by atoms with van der Waals surface area (Å²) in [6.07, 6.45) is 6.74. The fourth-order valence-electron chi connectivity index (χ4n) is 5.47. The number of anilines is 1. The minimum Gasteiger partial charge on any atom is -0.461 e. The van der Waals surface area contributed by atoms with E-state index in [1.807, 2.05) is 12.1 Å². The van der Waals surface area contributed by atoms with E-state index in [0.717, 1.165) is 11.8 Å². The zero-order valence-electron chi connectivity index (χ0n) is 18.8. The van der Waals surface area contributed by atoms with Gasteiger partial charge in [0.2, 0.25) is 21.8 Å². The molecule has 2 saturated carbocycles. The van der Waals surface area contributed by atoms with Crippen LogP contribution in [0.4, 0.5) is 5.69 Å². The van der Waals surface area contributed by atoms with E-state index < -0.39 is 10.0 Å². The Morgan fingerprint density at radius 2 is 2.12 bits per heavy atom. The molecule has 0 aliphatic heterocycles. The van der Waals surface area contributed by atoms with Crippen molar-refractivity contribution in [3.63, 3.8) is 0 Å². The van der Waals surface area contributed by atoms with Crippen molar-refractivity contribution in [1.29, 1.82) is 0 Å². The number of amides is 1. The van der Waals surface area contributed by atoms with Gasteiger partial charge in [-0.15, -0.1) is 10.2 Å². The number of thioether (sulfide) groups is 1. The first-order valence-electron chi connectivity index (χ1n) is 11.3. The number of aromatic nitrogens is 3. The van der Waals surface area contributed by atoms with Gasteiger partial charge in [0.15, 0.2) is 10.9 Å². The number of nitrogens with two attached hydrogens (primary N) is 1. The standard InChI is InChI=1S/C23H27N5O4S2/c1-14(19-11-15-7-8-16(19)10-15)28-22(20-6-3-9-32-20)26-27-23(28)33-13-21(29)25-17-4-2-5-18(12-17)34(24,30)31/h2-6,9,12,14-16,19H,7-8,10-11,13H2,1H3,(H,25,29)(H2,24,30,31)/t14-,15-,16-,19+/m1/s1. The Kier molecular flexibility index (Phi) is 6.26. The van der Waals surface area contributed by atoms with Crippen LogP contribution in [0, 0.1) is 17.8 Å². The number of primary sulfonamides is 1. The number of sulfonamides is 1. The van der Waals surface area contributed by atoms with Crippen LogP contribution in [-0.2, 0) is 14.8 Å². The summed E-state index contributed by atoms with van der Waals surface area (Å²) in [5.74, 6) is 3.23. The van der Waals surface area contributed by atoms with Gasteiger partial charge in [-0.2, -0.15) is 0 Å². The van der Waals surface area contributed by atoms with Gasteiger partial charge in [0.25, 0.3) is 0 Å². The van der Waals surface area contributed by atoms with Crippen molar-refractivity contribution in [2.24, 2.45) is 22.9 Å². The topological polar surface area (TPSA) is 133 Å². The first-order chi connectivity index (χ1) is 16.3. The van der Waals surface area contributed by atoms with Crippen molar-refractivity contribution in [1.82, 2.24) is 14.8 Å². The van der Waals surface area contributed by atoms with Crippen LogP contribution >= 0.6 is 11.8 Å². The third-order valence-electron chi connectivity index (χ3n) is 7.00. The van der Waals surface area contributed by atoms with Crippen molar-refractivity contribution < 1.29 is 17.6 Å². The summed E-state index contributed by atoms with van der Waals surface area (Å²) >= 11 is 1.30. The minimum absolute atomic E-state index is 0.0551. The average Bonchev–Trinajstić information content (AvgIpc) is 3.60. The molecule has 0 spiro atoms. The molecule has 2 aliphatic carbocycles. The van der Waals surface area contributed by atoms with Crippen LogP contribution in [0.3, 0.4) is 0 Å². The maximum Gasteiger partial charge on any atom is 0.238 e. The van der Waals surface area contributed by atoms with Crippen LogP contribution in [0.1, 0.15) is 38.6 Å². The SMILES string of the molecule is C[C@H]([C@@H]1C[C@@H]2CC[C@@H]1C2)n1c(SCC(=O)Nc2cccc(S(N)(=O)=O)c2)nnc1-c1ccco1. The number of rotatable bonds is 8. The fraction of sp³-hybridized carbons (Fsp3) is 0.435. The minimum atomic E-state index is -3.85. The van der Waals surface area contributed by atoms with E-state index in [1.54, 1.807) is 12.3 Å². The van der Waals surface area contributed by atoms with Gasteiger partial charge < -0.3 is 9.73 Å². The zero-order chi connectivity index (χ0) is 23.9. The van der Waals surface area contributed by atoms with Gasteiger partial charge in [-0.3, -0.25) is 9.36 Å². The van der Waals surface area contributed by atoms with Crippen LogP contribution < -0.4 is 10.5 Å². The molecule has 2 fully saturated rings. The molecule has 2 bridgehead atoms. The molecule has 34 heavy (non-hydrogen) atoms. The maximum atomic E-state index is 12.6. The van der Waals surface area contributed by atoms with Crippen LogP contribution in [-0.4, -0.2) is 34.8 Å². The Morgan fingerprint density at radius 1 is 1.26 bits per heavy atom. The van der Waals surface area contributed by atoms with Gasteiger partial charge in [-0.1, -0.05) is 24.2 Å². The second kappa shape index (κ2) is 9.20. The molecule has 11 heteroatoms. The van der Waals surface area contributed by atoms with Gasteiger partial charge in [-0.25, -0.2) is 13.6 Å². The lowest BCUT2D eigenvalue weighted by Gasteiger charge is -2.30. The number of furan rings is 1. The Bertz CT molecular complexity index is 1290. The summed E-state index contributed by atoms with van der Waals surface area (Å²) in [7, 11) is -3.85. The van der Waals surface area contributed by atoms with Gasteiger partial charge in [0.05, 0.1) is 16.9 Å². The lowest BCUT2D eigenvalue weighted by atomic mass is 9.84. The Labute approximate surface area is 202 Å². The summed E-state index contributed by atoms with van der Waals surface area (Å²) in [4.78, 5) is 12.6. The predicted molar refractivity (Wildman–Crippen MR) is 129 cm³/mol. The van der Waals surface area contributed by atoms with Crippen molar-refractivity contribution in [2.75, 3.05) is 11.1 Å². The van der Waals surface area contributed by atoms with Crippen LogP contribution in [0.2, 0.25) is 0 Å². The molecule has 3 aromatic rings. The highest BCUT2D eigenvalue weighted by Gasteiger charge is 2.43. The largest absolute Gasteiger partial charge is 0.461 e. The van der Waals surface area contributed by atoms with E-state index in [9.17, 15) is 13.2 Å². The van der Waals surface area contributed by atoms with Crippen LogP contribution in [0.25, 0.3) is 11.6 Å². The van der Waals surface area contributed by atoms with Gasteiger partial charge in [0, 0.05) is 11.7 Å². The summed E-state index contributed by atoms with van der Waals surface area (Å²) in [6, 6.07) is 9.75. The lowest BCUT2D eigenvalue weighted by Crippen LogP contribution is -2.23. The van der Waals surface area contributed by atoms with E-state index >= 15 is 0 Å². The summed E-state index contributed by atoms with van der Waals surface area (Å²) in [6.45, 7) is 2.21. The lowest BCUT2D eigenvalue weighted by molar-refractivity contribution is -0.113. The molecule has 0 saturated heterocycles. The zero-order valence-corrected chi connectivity index (χ0v) is 20.4. The van der Waals surface area contributed by atoms with Gasteiger partial charge >= 0.3 is 0 Å². The normalized spacial score (nSPS) is 22.7. The molecule has 0 unspecified atom stereocenters. The highest BCUT2D eigenvalue weighted by atomic mass is 32.2. The monoisotopic (exact) mass is 501 g/mol. The summed E-state index contributed by atoms with van der Waals surface area (Å²) in [5.41, 5.74) is 0.366. The second-order valence-corrected chi connectivity index (χ2v) is 11.6. The molecule has 2 aliphatic rings. The van der Waals surface area contributed by atoms with Crippen molar-refractivity contribution >= 4 is 33.4 Å². The molecule has 9 nitrogen and oxygen atoms in total. The highest BCUT2D eigenvalue weighted by Crippen LogP contribution is 2.53. The third kappa shape index (κ3) is 4.64.